The van der Waals surface area contributed by atoms with E-state index in [1.54, 1.807) is 0 Å². The van der Waals surface area contributed by atoms with Crippen molar-refractivity contribution in [3.05, 3.63) is 53.1 Å². The lowest BCUT2D eigenvalue weighted by molar-refractivity contribution is -0.119. The SMILES string of the molecule is O=C(CNc1ccc2c(c1)OCO2)NCCc1cccc(Cl)c1. The van der Waals surface area contributed by atoms with Crippen molar-refractivity contribution in [2.45, 2.75) is 6.42 Å². The van der Waals surface area contributed by atoms with E-state index in [0.717, 1.165) is 23.4 Å². The van der Waals surface area contributed by atoms with Crippen molar-refractivity contribution in [1.29, 1.82) is 0 Å². The maximum absolute atomic E-state index is 11.9. The number of anilines is 1. The second-order valence-electron chi connectivity index (χ2n) is 5.15. The molecule has 1 aliphatic heterocycles. The zero-order valence-corrected chi connectivity index (χ0v) is 13.2. The predicted molar refractivity (Wildman–Crippen MR) is 89.2 cm³/mol. The van der Waals surface area contributed by atoms with E-state index in [9.17, 15) is 4.79 Å². The van der Waals surface area contributed by atoms with Crippen molar-refractivity contribution in [2.75, 3.05) is 25.2 Å². The highest BCUT2D eigenvalue weighted by Gasteiger charge is 2.13. The van der Waals surface area contributed by atoms with Gasteiger partial charge in [-0.2, -0.15) is 0 Å². The summed E-state index contributed by atoms with van der Waals surface area (Å²) in [6, 6.07) is 13.1. The van der Waals surface area contributed by atoms with Gasteiger partial charge in [-0.15, -0.1) is 0 Å². The minimum Gasteiger partial charge on any atom is -0.454 e. The number of fused-ring (bicyclic) bond motifs is 1. The van der Waals surface area contributed by atoms with Crippen molar-refractivity contribution in [3.63, 3.8) is 0 Å². The fourth-order valence-corrected chi connectivity index (χ4v) is 2.50. The van der Waals surface area contributed by atoms with Crippen LogP contribution in [0.2, 0.25) is 5.02 Å². The van der Waals surface area contributed by atoms with Crippen LogP contribution in [-0.2, 0) is 11.2 Å². The molecule has 0 aliphatic carbocycles. The Kier molecular flexibility index (Phi) is 4.88. The van der Waals surface area contributed by atoms with Gasteiger partial charge in [0.2, 0.25) is 12.7 Å². The second kappa shape index (κ2) is 7.24. The first-order chi connectivity index (χ1) is 11.2. The zero-order chi connectivity index (χ0) is 16.1. The molecule has 0 saturated heterocycles. The van der Waals surface area contributed by atoms with Crippen molar-refractivity contribution >= 4 is 23.2 Å². The monoisotopic (exact) mass is 332 g/mol. The average molecular weight is 333 g/mol. The molecule has 0 unspecified atom stereocenters. The molecule has 2 N–H and O–H groups in total. The molecule has 0 bridgehead atoms. The summed E-state index contributed by atoms with van der Waals surface area (Å²) in [6.45, 7) is 1.01. The molecule has 1 aliphatic rings. The topological polar surface area (TPSA) is 59.6 Å². The van der Waals surface area contributed by atoms with Crippen LogP contribution in [0.25, 0.3) is 0 Å². The van der Waals surface area contributed by atoms with Crippen LogP contribution in [0, 0.1) is 0 Å². The van der Waals surface area contributed by atoms with Gasteiger partial charge in [0.1, 0.15) is 0 Å². The Bertz CT molecular complexity index is 706. The highest BCUT2D eigenvalue weighted by molar-refractivity contribution is 6.30. The van der Waals surface area contributed by atoms with E-state index in [1.165, 1.54) is 0 Å². The molecule has 120 valence electrons. The lowest BCUT2D eigenvalue weighted by atomic mass is 10.1. The summed E-state index contributed by atoms with van der Waals surface area (Å²) >= 11 is 5.93. The Morgan fingerprint density at radius 1 is 1.13 bits per heavy atom. The molecule has 1 heterocycles. The van der Waals surface area contributed by atoms with Gasteiger partial charge in [-0.1, -0.05) is 23.7 Å². The third-order valence-electron chi connectivity index (χ3n) is 3.45. The van der Waals surface area contributed by atoms with Gasteiger partial charge in [-0.25, -0.2) is 0 Å². The zero-order valence-electron chi connectivity index (χ0n) is 12.5. The van der Waals surface area contributed by atoms with Gasteiger partial charge in [0, 0.05) is 23.3 Å². The normalized spacial score (nSPS) is 12.0. The molecule has 23 heavy (non-hydrogen) atoms. The van der Waals surface area contributed by atoms with Gasteiger partial charge in [-0.05, 0) is 36.2 Å². The average Bonchev–Trinajstić information content (AvgIpc) is 3.00. The Labute approximate surface area is 139 Å². The largest absolute Gasteiger partial charge is 0.454 e. The predicted octanol–water partition coefficient (Wildman–Crippen LogP) is 2.84. The third kappa shape index (κ3) is 4.29. The van der Waals surface area contributed by atoms with E-state index in [0.29, 0.717) is 17.3 Å². The summed E-state index contributed by atoms with van der Waals surface area (Å²) < 4.78 is 10.5. The van der Waals surface area contributed by atoms with Crippen LogP contribution in [0.15, 0.2) is 42.5 Å². The highest BCUT2D eigenvalue weighted by atomic mass is 35.5. The standard InChI is InChI=1S/C17H17ClN2O3/c18-13-3-1-2-12(8-13)6-7-19-17(21)10-20-14-4-5-15-16(9-14)23-11-22-15/h1-5,8-9,20H,6-7,10-11H2,(H,19,21). The molecule has 0 saturated carbocycles. The summed E-state index contributed by atoms with van der Waals surface area (Å²) in [7, 11) is 0. The molecule has 0 fully saturated rings. The summed E-state index contributed by atoms with van der Waals surface area (Å²) in [5, 5.41) is 6.64. The quantitative estimate of drug-likeness (QED) is 0.854. The first-order valence-electron chi connectivity index (χ1n) is 7.35. The summed E-state index contributed by atoms with van der Waals surface area (Å²) in [4.78, 5) is 11.9. The van der Waals surface area contributed by atoms with E-state index in [2.05, 4.69) is 10.6 Å². The van der Waals surface area contributed by atoms with Crippen LogP contribution < -0.4 is 20.1 Å². The van der Waals surface area contributed by atoms with Gasteiger partial charge in [0.05, 0.1) is 6.54 Å². The number of hydrogen-bond acceptors (Lipinski definition) is 4. The Hall–Kier alpha value is -2.40. The van der Waals surface area contributed by atoms with Crippen molar-refractivity contribution in [3.8, 4) is 11.5 Å². The minimum absolute atomic E-state index is 0.0651. The van der Waals surface area contributed by atoms with Gasteiger partial charge in [0.15, 0.2) is 11.5 Å². The van der Waals surface area contributed by atoms with Crippen LogP contribution in [0.5, 0.6) is 11.5 Å². The molecule has 5 nitrogen and oxygen atoms in total. The molecule has 0 spiro atoms. The smallest absolute Gasteiger partial charge is 0.239 e. The molecule has 2 aromatic carbocycles. The molecule has 0 radical (unpaired) electrons. The number of carbonyl (C=O) groups is 1. The number of benzene rings is 2. The third-order valence-corrected chi connectivity index (χ3v) is 3.69. The van der Waals surface area contributed by atoms with E-state index in [4.69, 9.17) is 21.1 Å². The number of ether oxygens (including phenoxy) is 2. The maximum Gasteiger partial charge on any atom is 0.239 e. The fourth-order valence-electron chi connectivity index (χ4n) is 2.29. The van der Waals surface area contributed by atoms with E-state index < -0.39 is 0 Å². The number of amides is 1. The molecule has 0 aromatic heterocycles. The molecule has 2 aromatic rings. The van der Waals surface area contributed by atoms with Crippen LogP contribution >= 0.6 is 11.6 Å². The number of halogens is 1. The Balaban J connectivity index is 1.41. The minimum atomic E-state index is -0.0651. The van der Waals surface area contributed by atoms with Crippen molar-refractivity contribution in [1.82, 2.24) is 5.32 Å². The van der Waals surface area contributed by atoms with Crippen molar-refractivity contribution < 1.29 is 14.3 Å². The van der Waals surface area contributed by atoms with Gasteiger partial charge in [0.25, 0.3) is 0 Å². The highest BCUT2D eigenvalue weighted by Crippen LogP contribution is 2.34. The van der Waals surface area contributed by atoms with E-state index in [-0.39, 0.29) is 19.2 Å². The molecular formula is C17H17ClN2O3. The van der Waals surface area contributed by atoms with Gasteiger partial charge >= 0.3 is 0 Å². The second-order valence-corrected chi connectivity index (χ2v) is 5.59. The maximum atomic E-state index is 11.9. The molecule has 0 atom stereocenters. The number of hydrogen-bond donors (Lipinski definition) is 2. The van der Waals surface area contributed by atoms with Crippen molar-refractivity contribution in [2.24, 2.45) is 0 Å². The lowest BCUT2D eigenvalue weighted by Gasteiger charge is -2.08. The fraction of sp³-hybridized carbons (Fsp3) is 0.235. The van der Waals surface area contributed by atoms with Gasteiger partial charge in [-0.3, -0.25) is 4.79 Å². The molecule has 6 heteroatoms. The Morgan fingerprint density at radius 3 is 2.87 bits per heavy atom. The molecule has 1 amide bonds. The van der Waals surface area contributed by atoms with Crippen LogP contribution in [0.1, 0.15) is 5.56 Å². The van der Waals surface area contributed by atoms with E-state index in [1.807, 2.05) is 42.5 Å². The number of nitrogens with one attached hydrogen (secondary N) is 2. The summed E-state index contributed by atoms with van der Waals surface area (Å²) in [6.07, 6.45) is 0.746. The van der Waals surface area contributed by atoms with Gasteiger partial charge < -0.3 is 20.1 Å². The van der Waals surface area contributed by atoms with Crippen LogP contribution in [0.3, 0.4) is 0 Å². The van der Waals surface area contributed by atoms with E-state index >= 15 is 0 Å². The summed E-state index contributed by atoms with van der Waals surface area (Å²) in [5.41, 5.74) is 1.92. The van der Waals surface area contributed by atoms with Crippen LogP contribution in [0.4, 0.5) is 5.69 Å². The summed E-state index contributed by atoms with van der Waals surface area (Å²) in [5.74, 6) is 1.35. The Morgan fingerprint density at radius 2 is 2.00 bits per heavy atom. The molecular weight excluding hydrogens is 316 g/mol. The number of carbonyl (C=O) groups excluding carboxylic acids is 1. The number of rotatable bonds is 6. The first-order valence-corrected chi connectivity index (χ1v) is 7.73. The molecule has 3 rings (SSSR count). The first kappa shape index (κ1) is 15.5. The van der Waals surface area contributed by atoms with Crippen LogP contribution in [-0.4, -0.2) is 25.8 Å². The lowest BCUT2D eigenvalue weighted by Crippen LogP contribution is -2.31.